The molecule has 2 N–H and O–H groups in total. The standard InChI is InChI=1S/C9H22N2O2S/c1-4-5-6-7-11-14(12,13)9(2)8-10-3/h9-11H,4-8H2,1-3H3. The molecule has 0 saturated heterocycles. The molecule has 0 radical (unpaired) electrons. The second-order valence-electron chi connectivity index (χ2n) is 3.51. The van der Waals surface area contributed by atoms with Crippen molar-refractivity contribution in [3.8, 4) is 0 Å². The van der Waals surface area contributed by atoms with Crippen molar-refractivity contribution < 1.29 is 8.42 Å². The summed E-state index contributed by atoms with van der Waals surface area (Å²) in [5.74, 6) is 0. The number of rotatable bonds is 8. The zero-order chi connectivity index (χ0) is 11.0. The van der Waals surface area contributed by atoms with E-state index in [1.54, 1.807) is 14.0 Å². The lowest BCUT2D eigenvalue weighted by molar-refractivity contribution is 0.559. The Kier molecular flexibility index (Phi) is 7.13. The summed E-state index contributed by atoms with van der Waals surface area (Å²) >= 11 is 0. The Labute approximate surface area is 87.5 Å². The number of hydrogen-bond acceptors (Lipinski definition) is 3. The van der Waals surface area contributed by atoms with Crippen molar-refractivity contribution in [1.82, 2.24) is 10.0 Å². The number of nitrogens with one attached hydrogen (secondary N) is 2. The highest BCUT2D eigenvalue weighted by atomic mass is 32.2. The van der Waals surface area contributed by atoms with Crippen LogP contribution < -0.4 is 10.0 Å². The minimum atomic E-state index is -3.12. The van der Waals surface area contributed by atoms with Crippen molar-refractivity contribution >= 4 is 10.0 Å². The summed E-state index contributed by atoms with van der Waals surface area (Å²) in [5, 5.41) is 2.49. The molecule has 0 aliphatic carbocycles. The molecule has 0 rings (SSSR count). The van der Waals surface area contributed by atoms with Gasteiger partial charge in [-0.25, -0.2) is 13.1 Å². The Morgan fingerprint density at radius 3 is 2.43 bits per heavy atom. The Bertz CT molecular complexity index is 227. The molecule has 0 aromatic heterocycles. The molecule has 0 spiro atoms. The molecule has 5 heteroatoms. The summed E-state index contributed by atoms with van der Waals surface area (Å²) < 4.78 is 25.7. The molecule has 0 amide bonds. The number of sulfonamides is 1. The molecular weight excluding hydrogens is 200 g/mol. The van der Waals surface area contributed by atoms with E-state index in [0.717, 1.165) is 19.3 Å². The smallest absolute Gasteiger partial charge is 0.215 e. The van der Waals surface area contributed by atoms with E-state index in [1.165, 1.54) is 0 Å². The van der Waals surface area contributed by atoms with Crippen LogP contribution in [0.1, 0.15) is 33.1 Å². The van der Waals surface area contributed by atoms with Crippen molar-refractivity contribution in [1.29, 1.82) is 0 Å². The summed E-state index contributed by atoms with van der Waals surface area (Å²) in [7, 11) is -1.36. The van der Waals surface area contributed by atoms with E-state index in [0.29, 0.717) is 13.1 Å². The normalized spacial score (nSPS) is 14.2. The molecule has 0 saturated carbocycles. The second kappa shape index (κ2) is 7.20. The van der Waals surface area contributed by atoms with Gasteiger partial charge in [0.2, 0.25) is 10.0 Å². The molecule has 86 valence electrons. The van der Waals surface area contributed by atoms with Crippen molar-refractivity contribution in [2.75, 3.05) is 20.1 Å². The van der Waals surface area contributed by atoms with Crippen molar-refractivity contribution in [3.05, 3.63) is 0 Å². The van der Waals surface area contributed by atoms with E-state index in [9.17, 15) is 8.42 Å². The lowest BCUT2D eigenvalue weighted by Crippen LogP contribution is -2.38. The van der Waals surface area contributed by atoms with Crippen LogP contribution in [0.3, 0.4) is 0 Å². The molecule has 0 heterocycles. The summed E-state index contributed by atoms with van der Waals surface area (Å²) in [6.45, 7) is 4.85. The SMILES string of the molecule is CCCCCNS(=O)(=O)C(C)CNC. The Hall–Kier alpha value is -0.130. The topological polar surface area (TPSA) is 58.2 Å². The fraction of sp³-hybridized carbons (Fsp3) is 1.00. The predicted octanol–water partition coefficient (Wildman–Crippen LogP) is 0.704. The molecule has 0 aliphatic heterocycles. The second-order valence-corrected chi connectivity index (χ2v) is 5.70. The van der Waals surface area contributed by atoms with Gasteiger partial charge in [0.05, 0.1) is 5.25 Å². The first-order valence-corrected chi connectivity index (χ1v) is 6.72. The zero-order valence-corrected chi connectivity index (χ0v) is 10.2. The Balaban J connectivity index is 3.83. The molecule has 0 bridgehead atoms. The summed E-state index contributed by atoms with van der Waals surface area (Å²) in [6.07, 6.45) is 3.10. The lowest BCUT2D eigenvalue weighted by atomic mass is 10.3. The van der Waals surface area contributed by atoms with Crippen LogP contribution in [0.2, 0.25) is 0 Å². The fourth-order valence-corrected chi connectivity index (χ4v) is 2.23. The van der Waals surface area contributed by atoms with Gasteiger partial charge in [0.15, 0.2) is 0 Å². The maximum absolute atomic E-state index is 11.5. The monoisotopic (exact) mass is 222 g/mol. The van der Waals surface area contributed by atoms with E-state index >= 15 is 0 Å². The molecule has 4 nitrogen and oxygen atoms in total. The van der Waals surface area contributed by atoms with E-state index in [-0.39, 0.29) is 5.25 Å². The van der Waals surface area contributed by atoms with Crippen LogP contribution in [0.4, 0.5) is 0 Å². The van der Waals surface area contributed by atoms with Crippen LogP contribution in [0.15, 0.2) is 0 Å². The minimum Gasteiger partial charge on any atom is -0.318 e. The van der Waals surface area contributed by atoms with Crippen molar-refractivity contribution in [2.24, 2.45) is 0 Å². The average Bonchev–Trinajstić information content (AvgIpc) is 2.13. The highest BCUT2D eigenvalue weighted by Crippen LogP contribution is 1.98. The molecule has 1 atom stereocenters. The van der Waals surface area contributed by atoms with E-state index < -0.39 is 10.0 Å². The van der Waals surface area contributed by atoms with Crippen LogP contribution in [-0.2, 0) is 10.0 Å². The highest BCUT2D eigenvalue weighted by Gasteiger charge is 2.18. The highest BCUT2D eigenvalue weighted by molar-refractivity contribution is 7.90. The van der Waals surface area contributed by atoms with Gasteiger partial charge in [-0.3, -0.25) is 0 Å². The Morgan fingerprint density at radius 1 is 1.29 bits per heavy atom. The molecule has 0 aromatic rings. The van der Waals surface area contributed by atoms with Crippen LogP contribution in [0, 0.1) is 0 Å². The maximum atomic E-state index is 11.5. The first-order chi connectivity index (χ1) is 6.54. The van der Waals surface area contributed by atoms with Gasteiger partial charge in [0, 0.05) is 13.1 Å². The third-order valence-electron chi connectivity index (χ3n) is 2.10. The first kappa shape index (κ1) is 13.9. The zero-order valence-electron chi connectivity index (χ0n) is 9.34. The van der Waals surface area contributed by atoms with Crippen LogP contribution in [0.5, 0.6) is 0 Å². The van der Waals surface area contributed by atoms with E-state index in [4.69, 9.17) is 0 Å². The van der Waals surface area contributed by atoms with Crippen LogP contribution >= 0.6 is 0 Å². The maximum Gasteiger partial charge on any atom is 0.215 e. The Morgan fingerprint density at radius 2 is 1.93 bits per heavy atom. The van der Waals surface area contributed by atoms with Crippen molar-refractivity contribution in [3.63, 3.8) is 0 Å². The van der Waals surface area contributed by atoms with Crippen LogP contribution in [0.25, 0.3) is 0 Å². The predicted molar refractivity (Wildman–Crippen MR) is 59.8 cm³/mol. The largest absolute Gasteiger partial charge is 0.318 e. The van der Waals surface area contributed by atoms with Crippen LogP contribution in [-0.4, -0.2) is 33.8 Å². The van der Waals surface area contributed by atoms with E-state index in [2.05, 4.69) is 17.0 Å². The lowest BCUT2D eigenvalue weighted by Gasteiger charge is -2.12. The quantitative estimate of drug-likeness (QED) is 0.595. The molecule has 0 aromatic carbocycles. The van der Waals surface area contributed by atoms with Gasteiger partial charge in [0.25, 0.3) is 0 Å². The summed E-state index contributed by atoms with van der Waals surface area (Å²) in [6, 6.07) is 0. The van der Waals surface area contributed by atoms with Gasteiger partial charge in [0.1, 0.15) is 0 Å². The van der Waals surface area contributed by atoms with Gasteiger partial charge in [-0.05, 0) is 20.4 Å². The molecule has 14 heavy (non-hydrogen) atoms. The van der Waals surface area contributed by atoms with Gasteiger partial charge in [-0.2, -0.15) is 0 Å². The number of hydrogen-bond donors (Lipinski definition) is 2. The van der Waals surface area contributed by atoms with Gasteiger partial charge in [-0.15, -0.1) is 0 Å². The van der Waals surface area contributed by atoms with E-state index in [1.807, 2.05) is 0 Å². The minimum absolute atomic E-state index is 0.367. The average molecular weight is 222 g/mol. The fourth-order valence-electron chi connectivity index (χ4n) is 1.13. The molecule has 0 fully saturated rings. The van der Waals surface area contributed by atoms with Crippen molar-refractivity contribution in [2.45, 2.75) is 38.4 Å². The molecule has 0 aliphatic rings. The summed E-state index contributed by atoms with van der Waals surface area (Å²) in [5.41, 5.74) is 0. The summed E-state index contributed by atoms with van der Waals surface area (Å²) in [4.78, 5) is 0. The first-order valence-electron chi connectivity index (χ1n) is 5.17. The van der Waals surface area contributed by atoms with Gasteiger partial charge in [-0.1, -0.05) is 19.8 Å². The number of unbranched alkanes of at least 4 members (excludes halogenated alkanes) is 2. The van der Waals surface area contributed by atoms with Gasteiger partial charge >= 0.3 is 0 Å². The van der Waals surface area contributed by atoms with Gasteiger partial charge < -0.3 is 5.32 Å². The molecule has 1 unspecified atom stereocenters. The third kappa shape index (κ3) is 5.57. The molecular formula is C9H22N2O2S. The third-order valence-corrected chi connectivity index (χ3v) is 3.94.